The predicted molar refractivity (Wildman–Crippen MR) is 111 cm³/mol. The van der Waals surface area contributed by atoms with Crippen LogP contribution in [0.1, 0.15) is 52.4 Å². The van der Waals surface area contributed by atoms with Crippen LogP contribution in [0.4, 0.5) is 4.79 Å². The van der Waals surface area contributed by atoms with E-state index in [1.165, 1.54) is 43.9 Å². The van der Waals surface area contributed by atoms with Gasteiger partial charge in [-0.1, -0.05) is 43.9 Å². The zero-order valence-corrected chi connectivity index (χ0v) is 18.1. The minimum Gasteiger partial charge on any atom is -0.378 e. The molecule has 1 unspecified atom stereocenters. The van der Waals surface area contributed by atoms with Crippen molar-refractivity contribution in [2.45, 2.75) is 58.4 Å². The Hall–Kier alpha value is -1.28. The topological polar surface area (TPSA) is 79.0 Å². The van der Waals surface area contributed by atoms with Crippen molar-refractivity contribution in [1.29, 1.82) is 0 Å². The number of rotatable bonds is 8. The molecule has 1 saturated carbocycles. The van der Waals surface area contributed by atoms with E-state index < -0.39 is 6.04 Å². The molecule has 160 valence electrons. The highest BCUT2D eigenvalue weighted by Crippen LogP contribution is 2.26. The number of carbonyl (C=O) groups is 3. The zero-order valence-electron chi connectivity index (χ0n) is 17.3. The molecule has 7 nitrogen and oxygen atoms in total. The molecule has 1 aliphatic carbocycles. The summed E-state index contributed by atoms with van der Waals surface area (Å²) >= 11 is 1.24. The monoisotopic (exact) mass is 413 g/mol. The summed E-state index contributed by atoms with van der Waals surface area (Å²) in [5, 5.41) is 2.92. The first-order chi connectivity index (χ1) is 13.5. The van der Waals surface area contributed by atoms with Crippen LogP contribution in [0.5, 0.6) is 0 Å². The van der Waals surface area contributed by atoms with Crippen molar-refractivity contribution >= 4 is 28.8 Å². The van der Waals surface area contributed by atoms with Crippen LogP contribution in [0.2, 0.25) is 0 Å². The van der Waals surface area contributed by atoms with Gasteiger partial charge in [-0.2, -0.15) is 0 Å². The highest BCUT2D eigenvalue weighted by atomic mass is 32.2. The Labute approximate surface area is 172 Å². The molecular formula is C20H35N3O4S. The van der Waals surface area contributed by atoms with Gasteiger partial charge in [-0.05, 0) is 19.3 Å². The lowest BCUT2D eigenvalue weighted by atomic mass is 9.87. The molecule has 0 radical (unpaired) electrons. The summed E-state index contributed by atoms with van der Waals surface area (Å²) in [4.78, 5) is 40.1. The third-order valence-corrected chi connectivity index (χ3v) is 6.31. The number of carbonyl (C=O) groups excluding carboxylic acids is 3. The lowest BCUT2D eigenvalue weighted by Crippen LogP contribution is -2.53. The average Bonchev–Trinajstić information content (AvgIpc) is 2.71. The predicted octanol–water partition coefficient (Wildman–Crippen LogP) is 2.50. The fourth-order valence-corrected chi connectivity index (χ4v) is 4.42. The van der Waals surface area contributed by atoms with E-state index in [1.807, 2.05) is 0 Å². The van der Waals surface area contributed by atoms with E-state index in [1.54, 1.807) is 23.6 Å². The number of thioether (sulfide) groups is 1. The molecule has 8 heteroatoms. The Morgan fingerprint density at radius 3 is 2.46 bits per heavy atom. The highest BCUT2D eigenvalue weighted by molar-refractivity contribution is 8.13. The van der Waals surface area contributed by atoms with Crippen LogP contribution in [-0.2, 0) is 14.3 Å². The second-order valence-electron chi connectivity index (χ2n) is 7.73. The zero-order chi connectivity index (χ0) is 20.4. The van der Waals surface area contributed by atoms with E-state index in [0.29, 0.717) is 51.1 Å². The summed E-state index contributed by atoms with van der Waals surface area (Å²) in [6.07, 6.45) is 7.35. The molecule has 0 aromatic carbocycles. The summed E-state index contributed by atoms with van der Waals surface area (Å²) in [6.45, 7) is 6.69. The molecule has 0 aromatic rings. The van der Waals surface area contributed by atoms with Gasteiger partial charge in [0, 0.05) is 38.9 Å². The summed E-state index contributed by atoms with van der Waals surface area (Å²) < 4.78 is 5.28. The van der Waals surface area contributed by atoms with E-state index in [9.17, 15) is 14.4 Å². The van der Waals surface area contributed by atoms with Crippen LogP contribution in [0.25, 0.3) is 0 Å². The van der Waals surface area contributed by atoms with E-state index in [-0.39, 0.29) is 17.1 Å². The van der Waals surface area contributed by atoms with E-state index >= 15 is 0 Å². The summed E-state index contributed by atoms with van der Waals surface area (Å²) in [7, 11) is 0. The number of hydrogen-bond donors (Lipinski definition) is 1. The quantitative estimate of drug-likeness (QED) is 0.661. The second-order valence-corrected chi connectivity index (χ2v) is 9.00. The molecule has 0 spiro atoms. The molecule has 2 aliphatic rings. The van der Waals surface area contributed by atoms with Crippen molar-refractivity contribution in [3.05, 3.63) is 0 Å². The Bertz CT molecular complexity index is 520. The molecule has 3 amide bonds. The molecular weight excluding hydrogens is 378 g/mol. The lowest BCUT2D eigenvalue weighted by molar-refractivity contribution is -0.136. The molecule has 0 aromatic heterocycles. The Morgan fingerprint density at radius 1 is 1.14 bits per heavy atom. The molecule has 1 N–H and O–H groups in total. The molecule has 1 saturated heterocycles. The Kier molecular flexibility index (Phi) is 10.1. The Balaban J connectivity index is 1.86. The molecule has 0 bridgehead atoms. The van der Waals surface area contributed by atoms with Gasteiger partial charge in [0.2, 0.25) is 5.91 Å². The molecule has 28 heavy (non-hydrogen) atoms. The summed E-state index contributed by atoms with van der Waals surface area (Å²) in [5.41, 5.74) is 0. The first kappa shape index (κ1) is 23.0. The molecule has 2 rings (SSSR count). The highest BCUT2D eigenvalue weighted by Gasteiger charge is 2.26. The van der Waals surface area contributed by atoms with Crippen LogP contribution in [0, 0.1) is 5.92 Å². The normalized spacial score (nSPS) is 19.1. The van der Waals surface area contributed by atoms with Crippen molar-refractivity contribution < 1.29 is 19.1 Å². The minimum absolute atomic E-state index is 0.0588. The molecule has 1 heterocycles. The number of nitrogens with one attached hydrogen (secondary N) is 1. The molecule has 1 aliphatic heterocycles. The number of ether oxygens (including phenoxy) is 1. The number of urea groups is 1. The number of morpholine rings is 1. The maximum Gasteiger partial charge on any atom is 0.318 e. The van der Waals surface area contributed by atoms with Crippen molar-refractivity contribution in [2.24, 2.45) is 5.92 Å². The molecule has 1 atom stereocenters. The summed E-state index contributed by atoms with van der Waals surface area (Å²) in [5.74, 6) is 1.19. The first-order valence-corrected chi connectivity index (χ1v) is 11.5. The fraction of sp³-hybridized carbons (Fsp3) is 0.850. The van der Waals surface area contributed by atoms with Crippen LogP contribution >= 0.6 is 11.8 Å². The Morgan fingerprint density at radius 2 is 1.82 bits per heavy atom. The number of hydrogen-bond acceptors (Lipinski definition) is 5. The van der Waals surface area contributed by atoms with Crippen LogP contribution < -0.4 is 5.32 Å². The van der Waals surface area contributed by atoms with Gasteiger partial charge < -0.3 is 19.9 Å². The average molecular weight is 414 g/mol. The second kappa shape index (κ2) is 12.3. The third kappa shape index (κ3) is 7.99. The van der Waals surface area contributed by atoms with Gasteiger partial charge in [-0.25, -0.2) is 4.79 Å². The van der Waals surface area contributed by atoms with Crippen LogP contribution in [0.3, 0.4) is 0 Å². The maximum absolute atomic E-state index is 12.8. The number of nitrogens with zero attached hydrogens (tertiary/aromatic N) is 2. The van der Waals surface area contributed by atoms with E-state index in [2.05, 4.69) is 5.32 Å². The van der Waals surface area contributed by atoms with Crippen molar-refractivity contribution in [1.82, 2.24) is 15.1 Å². The van der Waals surface area contributed by atoms with Crippen molar-refractivity contribution in [3.8, 4) is 0 Å². The lowest BCUT2D eigenvalue weighted by Gasteiger charge is -2.31. The van der Waals surface area contributed by atoms with Gasteiger partial charge in [0.15, 0.2) is 5.12 Å². The maximum atomic E-state index is 12.8. The van der Waals surface area contributed by atoms with Gasteiger partial charge in [-0.3, -0.25) is 9.59 Å². The minimum atomic E-state index is -0.566. The third-order valence-electron chi connectivity index (χ3n) is 5.52. The van der Waals surface area contributed by atoms with Crippen LogP contribution in [-0.4, -0.2) is 78.0 Å². The first-order valence-electron chi connectivity index (χ1n) is 10.5. The fourth-order valence-electron chi connectivity index (χ4n) is 3.82. The van der Waals surface area contributed by atoms with Crippen LogP contribution in [0.15, 0.2) is 0 Å². The largest absolute Gasteiger partial charge is 0.378 e. The van der Waals surface area contributed by atoms with Gasteiger partial charge >= 0.3 is 6.03 Å². The molecule has 2 fully saturated rings. The van der Waals surface area contributed by atoms with Gasteiger partial charge in [0.25, 0.3) is 0 Å². The van der Waals surface area contributed by atoms with Gasteiger partial charge in [-0.15, -0.1) is 0 Å². The standard InChI is InChI=1S/C20H35N3O4S/c1-16(19(25)22-10-13-27-14-11-22)21-20(26)23(12-15-28-17(2)24)9-8-18-6-4-3-5-7-18/h16,18H,3-15H2,1-2H3,(H,21,26). The van der Waals surface area contributed by atoms with Crippen molar-refractivity contribution in [2.75, 3.05) is 45.1 Å². The SMILES string of the molecule is CC(=O)SCCN(CCC1CCCCC1)C(=O)NC(C)C(=O)N1CCOCC1. The van der Waals surface area contributed by atoms with Crippen molar-refractivity contribution in [3.63, 3.8) is 0 Å². The smallest absolute Gasteiger partial charge is 0.318 e. The van der Waals surface area contributed by atoms with Gasteiger partial charge in [0.05, 0.1) is 13.2 Å². The van der Waals surface area contributed by atoms with Gasteiger partial charge in [0.1, 0.15) is 6.04 Å². The van der Waals surface area contributed by atoms with E-state index in [0.717, 1.165) is 6.42 Å². The van der Waals surface area contributed by atoms with E-state index in [4.69, 9.17) is 4.74 Å². The number of amides is 3. The summed E-state index contributed by atoms with van der Waals surface area (Å²) in [6, 6.07) is -0.780.